The van der Waals surface area contributed by atoms with Crippen LogP contribution in [0, 0.1) is 17.5 Å². The molecule has 1 aromatic rings. The van der Waals surface area contributed by atoms with Crippen molar-refractivity contribution in [1.29, 1.82) is 0 Å². The number of ether oxygens (including phenoxy) is 1. The van der Waals surface area contributed by atoms with Crippen molar-refractivity contribution in [2.45, 2.75) is 18.9 Å². The number of carbonyl (C=O) groups is 1. The van der Waals surface area contributed by atoms with Crippen LogP contribution in [0.15, 0.2) is 12.1 Å². The molecule has 0 spiro atoms. The summed E-state index contributed by atoms with van der Waals surface area (Å²) in [4.78, 5) is 11.7. The van der Waals surface area contributed by atoms with Crippen molar-refractivity contribution in [3.8, 4) is 0 Å². The zero-order valence-corrected chi connectivity index (χ0v) is 10.2. The Bertz CT molecular complexity index is 473. The summed E-state index contributed by atoms with van der Waals surface area (Å²) < 4.78 is 44.5. The summed E-state index contributed by atoms with van der Waals surface area (Å²) in [5, 5.41) is 3.14. The average molecular weight is 273 g/mol. The minimum atomic E-state index is -1.63. The Balaban J connectivity index is 1.98. The van der Waals surface area contributed by atoms with E-state index in [2.05, 4.69) is 5.32 Å². The van der Waals surface area contributed by atoms with Gasteiger partial charge in [-0.05, 0) is 38.1 Å². The molecule has 1 saturated heterocycles. The van der Waals surface area contributed by atoms with Gasteiger partial charge < -0.3 is 10.1 Å². The molecule has 1 aromatic carbocycles. The van der Waals surface area contributed by atoms with Gasteiger partial charge in [0.2, 0.25) is 0 Å². The third kappa shape index (κ3) is 3.33. The molecule has 1 aliphatic heterocycles. The first-order chi connectivity index (χ1) is 9.09. The molecule has 0 unspecified atom stereocenters. The highest BCUT2D eigenvalue weighted by Gasteiger charge is 2.20. The monoisotopic (exact) mass is 273 g/mol. The first-order valence-corrected chi connectivity index (χ1v) is 6.08. The van der Waals surface area contributed by atoms with Crippen molar-refractivity contribution in [1.82, 2.24) is 5.32 Å². The van der Waals surface area contributed by atoms with E-state index in [9.17, 15) is 18.0 Å². The van der Waals surface area contributed by atoms with Gasteiger partial charge in [-0.3, -0.25) is 4.79 Å². The molecule has 19 heavy (non-hydrogen) atoms. The van der Waals surface area contributed by atoms with E-state index in [0.717, 1.165) is 38.1 Å². The second-order valence-corrected chi connectivity index (χ2v) is 4.41. The molecule has 6 heteroatoms. The number of Topliss-reactive ketones (excluding diaryl/α,β-unsaturated/α-hetero) is 1. The van der Waals surface area contributed by atoms with Crippen molar-refractivity contribution in [3.63, 3.8) is 0 Å². The zero-order chi connectivity index (χ0) is 13.8. The SMILES string of the molecule is O=C(COC1CCNCC1)c1ccc(F)c(F)c1F. The maximum absolute atomic E-state index is 13.4. The number of nitrogens with one attached hydrogen (secondary N) is 1. The molecule has 1 aliphatic rings. The van der Waals surface area contributed by atoms with Gasteiger partial charge in [0, 0.05) is 0 Å². The molecular weight excluding hydrogens is 259 g/mol. The van der Waals surface area contributed by atoms with Crippen molar-refractivity contribution in [2.24, 2.45) is 0 Å². The summed E-state index contributed by atoms with van der Waals surface area (Å²) in [6.07, 6.45) is 1.49. The molecule has 1 fully saturated rings. The number of rotatable bonds is 4. The number of piperidine rings is 1. The number of halogens is 3. The van der Waals surface area contributed by atoms with Gasteiger partial charge in [-0.1, -0.05) is 0 Å². The summed E-state index contributed by atoms with van der Waals surface area (Å²) in [5.74, 6) is -5.09. The van der Waals surface area contributed by atoms with Crippen LogP contribution < -0.4 is 5.32 Å². The first kappa shape index (κ1) is 14.0. The van der Waals surface area contributed by atoms with Gasteiger partial charge in [-0.25, -0.2) is 13.2 Å². The highest BCUT2D eigenvalue weighted by Crippen LogP contribution is 2.16. The Morgan fingerprint density at radius 3 is 2.58 bits per heavy atom. The largest absolute Gasteiger partial charge is 0.370 e. The second kappa shape index (κ2) is 6.16. The minimum absolute atomic E-state index is 0.0569. The molecule has 0 radical (unpaired) electrons. The van der Waals surface area contributed by atoms with Crippen molar-refractivity contribution < 1.29 is 22.7 Å². The molecule has 2 rings (SSSR count). The van der Waals surface area contributed by atoms with Crippen LogP contribution in [0.5, 0.6) is 0 Å². The number of benzene rings is 1. The van der Waals surface area contributed by atoms with E-state index in [1.165, 1.54) is 0 Å². The second-order valence-electron chi connectivity index (χ2n) is 4.41. The Kier molecular flexibility index (Phi) is 4.55. The molecule has 0 aromatic heterocycles. The van der Waals surface area contributed by atoms with Crippen molar-refractivity contribution in [3.05, 3.63) is 35.1 Å². The van der Waals surface area contributed by atoms with E-state index in [1.54, 1.807) is 0 Å². The molecule has 3 nitrogen and oxygen atoms in total. The summed E-state index contributed by atoms with van der Waals surface area (Å²) in [6, 6.07) is 1.66. The fourth-order valence-corrected chi connectivity index (χ4v) is 1.97. The third-order valence-electron chi connectivity index (χ3n) is 3.07. The predicted molar refractivity (Wildman–Crippen MR) is 62.5 cm³/mol. The smallest absolute Gasteiger partial charge is 0.195 e. The summed E-state index contributed by atoms with van der Waals surface area (Å²) in [5.41, 5.74) is -0.479. The quantitative estimate of drug-likeness (QED) is 0.674. The van der Waals surface area contributed by atoms with Crippen LogP contribution in [-0.4, -0.2) is 31.6 Å². The standard InChI is InChI=1S/C13H14F3NO2/c14-10-2-1-9(12(15)13(10)16)11(18)7-19-8-3-5-17-6-4-8/h1-2,8,17H,3-7H2. The fraction of sp³-hybridized carbons (Fsp3) is 0.462. The van der Waals surface area contributed by atoms with Crippen molar-refractivity contribution in [2.75, 3.05) is 19.7 Å². The van der Waals surface area contributed by atoms with Gasteiger partial charge >= 0.3 is 0 Å². The maximum atomic E-state index is 13.4. The zero-order valence-electron chi connectivity index (χ0n) is 10.2. The fourth-order valence-electron chi connectivity index (χ4n) is 1.97. The Labute approximate surface area is 108 Å². The molecule has 0 aliphatic carbocycles. The topological polar surface area (TPSA) is 38.3 Å². The summed E-state index contributed by atoms with van der Waals surface area (Å²) >= 11 is 0. The molecule has 1 N–H and O–H groups in total. The lowest BCUT2D eigenvalue weighted by Gasteiger charge is -2.22. The Morgan fingerprint density at radius 2 is 1.89 bits per heavy atom. The molecule has 0 bridgehead atoms. The van der Waals surface area contributed by atoms with E-state index >= 15 is 0 Å². The highest BCUT2D eigenvalue weighted by molar-refractivity contribution is 5.97. The Morgan fingerprint density at radius 1 is 1.21 bits per heavy atom. The maximum Gasteiger partial charge on any atom is 0.195 e. The van der Waals surface area contributed by atoms with Crippen LogP contribution in [-0.2, 0) is 4.74 Å². The van der Waals surface area contributed by atoms with Crippen molar-refractivity contribution >= 4 is 5.78 Å². The lowest BCUT2D eigenvalue weighted by molar-refractivity contribution is 0.0315. The number of ketones is 1. The lowest BCUT2D eigenvalue weighted by atomic mass is 10.1. The molecule has 0 atom stereocenters. The number of carbonyl (C=O) groups excluding carboxylic acids is 1. The molecule has 104 valence electrons. The van der Waals surface area contributed by atoms with E-state index in [1.807, 2.05) is 0 Å². The summed E-state index contributed by atoms with van der Waals surface area (Å²) in [7, 11) is 0. The molecule has 1 heterocycles. The lowest BCUT2D eigenvalue weighted by Crippen LogP contribution is -2.33. The van der Waals surface area contributed by atoms with Gasteiger partial charge in [0.05, 0.1) is 11.7 Å². The van der Waals surface area contributed by atoms with E-state index in [4.69, 9.17) is 4.74 Å². The van der Waals surface area contributed by atoms with E-state index in [-0.39, 0.29) is 12.7 Å². The van der Waals surface area contributed by atoms with Crippen LogP contribution in [0.25, 0.3) is 0 Å². The van der Waals surface area contributed by atoms with Gasteiger partial charge in [0.25, 0.3) is 0 Å². The van der Waals surface area contributed by atoms with Crippen LogP contribution in [0.3, 0.4) is 0 Å². The van der Waals surface area contributed by atoms with Crippen LogP contribution in [0.1, 0.15) is 23.2 Å². The van der Waals surface area contributed by atoms with Crippen LogP contribution in [0.2, 0.25) is 0 Å². The minimum Gasteiger partial charge on any atom is -0.370 e. The van der Waals surface area contributed by atoms with Gasteiger partial charge in [0.15, 0.2) is 23.2 Å². The third-order valence-corrected chi connectivity index (χ3v) is 3.07. The molecule has 0 amide bonds. The normalized spacial score (nSPS) is 16.6. The van der Waals surface area contributed by atoms with Crippen LogP contribution in [0.4, 0.5) is 13.2 Å². The van der Waals surface area contributed by atoms with Gasteiger partial charge in [-0.2, -0.15) is 0 Å². The first-order valence-electron chi connectivity index (χ1n) is 6.08. The summed E-state index contributed by atoms with van der Waals surface area (Å²) in [6.45, 7) is 1.28. The van der Waals surface area contributed by atoms with E-state index in [0.29, 0.717) is 0 Å². The van der Waals surface area contributed by atoms with E-state index < -0.39 is 28.8 Å². The molecule has 0 saturated carbocycles. The number of hydrogen-bond acceptors (Lipinski definition) is 3. The Hall–Kier alpha value is -1.40. The number of hydrogen-bond donors (Lipinski definition) is 1. The molecular formula is C13H14F3NO2. The highest BCUT2D eigenvalue weighted by atomic mass is 19.2. The van der Waals surface area contributed by atoms with Gasteiger partial charge in [-0.15, -0.1) is 0 Å². The van der Waals surface area contributed by atoms with Crippen LogP contribution >= 0.6 is 0 Å². The predicted octanol–water partition coefficient (Wildman–Crippen LogP) is 2.06. The average Bonchev–Trinajstić information content (AvgIpc) is 2.43. The van der Waals surface area contributed by atoms with Gasteiger partial charge in [0.1, 0.15) is 6.61 Å².